The molecule has 0 heterocycles. The summed E-state index contributed by atoms with van der Waals surface area (Å²) in [5.41, 5.74) is 13.9. The van der Waals surface area contributed by atoms with E-state index in [-0.39, 0.29) is 17.6 Å². The minimum Gasteiger partial charge on any atom is -0.107 e. The Balaban J connectivity index is -0.0000000624. The second-order valence-corrected chi connectivity index (χ2v) is 49.8. The Kier molecular flexibility index (Phi) is 50.6. The Labute approximate surface area is 263 Å². The first-order chi connectivity index (χ1) is 17.4. The van der Waals surface area contributed by atoms with Gasteiger partial charge in [-0.1, -0.05) is 128 Å². The van der Waals surface area contributed by atoms with Crippen LogP contribution in [0.3, 0.4) is 0 Å². The van der Waals surface area contributed by atoms with E-state index in [4.69, 9.17) is 0 Å². The molecule has 0 saturated heterocycles. The lowest BCUT2D eigenvalue weighted by Gasteiger charge is -2.30. The first-order valence-electron chi connectivity index (χ1n) is 14.8. The highest BCUT2D eigenvalue weighted by Crippen LogP contribution is 2.17. The molecule has 234 valence electrons. The van der Waals surface area contributed by atoms with Crippen molar-refractivity contribution in [2.24, 2.45) is 0 Å². The topological polar surface area (TPSA) is 0 Å². The second-order valence-electron chi connectivity index (χ2n) is 13.6. The van der Waals surface area contributed by atoms with Crippen molar-refractivity contribution in [2.45, 2.75) is 111 Å². The summed E-state index contributed by atoms with van der Waals surface area (Å²) in [6.07, 6.45) is 0. The SMILES string of the molecule is C=C[SiH](C)C.C=C[SiH](C)C=C.C=C[SiH](C=C)C=C.C=C[Si](C)(C)C.C[SiH2]C.C[SiH](C)C.C[Si](C)(C)[Si](C)(C)C. The van der Waals surface area contributed by atoms with Crippen LogP contribution in [-0.2, 0) is 0 Å². The molecular formula is C31H78Si8. The lowest BCUT2D eigenvalue weighted by atomic mass is 11.2. The largest absolute Gasteiger partial charge is 0.107 e. The summed E-state index contributed by atoms with van der Waals surface area (Å²) >= 11 is 0. The van der Waals surface area contributed by atoms with Gasteiger partial charge in [0.15, 0.2) is 0 Å². The molecule has 0 rings (SSSR count). The van der Waals surface area contributed by atoms with E-state index in [0.717, 1.165) is 0 Å². The molecule has 0 spiro atoms. The maximum absolute atomic E-state index is 3.69. The zero-order valence-corrected chi connectivity index (χ0v) is 39.5. The lowest BCUT2D eigenvalue weighted by Crippen LogP contribution is -2.49. The Morgan fingerprint density at radius 2 is 0.667 bits per heavy atom. The van der Waals surface area contributed by atoms with Crippen LogP contribution in [0.2, 0.25) is 111 Å². The molecule has 0 amide bonds. The van der Waals surface area contributed by atoms with Crippen LogP contribution >= 0.6 is 0 Å². The molecule has 0 aliphatic heterocycles. The maximum Gasteiger partial charge on any atom is 0.107 e. The fourth-order valence-corrected chi connectivity index (χ4v) is 1.15. The highest BCUT2D eigenvalue weighted by atomic mass is 29.3. The van der Waals surface area contributed by atoms with Crippen LogP contribution in [0.5, 0.6) is 0 Å². The Bertz CT molecular complexity index is 533. The highest BCUT2D eigenvalue weighted by molar-refractivity contribution is 7.39. The lowest BCUT2D eigenvalue weighted by molar-refractivity contribution is 1.71. The van der Waals surface area contributed by atoms with Crippen molar-refractivity contribution in [2.75, 3.05) is 0 Å². The third-order valence-electron chi connectivity index (χ3n) is 4.89. The van der Waals surface area contributed by atoms with Crippen molar-refractivity contribution in [1.29, 1.82) is 0 Å². The van der Waals surface area contributed by atoms with Crippen molar-refractivity contribution >= 4 is 68.0 Å². The molecule has 0 aliphatic carbocycles. The van der Waals surface area contributed by atoms with E-state index in [2.05, 4.69) is 169 Å². The first kappa shape index (κ1) is 54.9. The summed E-state index contributed by atoms with van der Waals surface area (Å²) in [6, 6.07) is 0. The van der Waals surface area contributed by atoms with E-state index in [9.17, 15) is 0 Å². The summed E-state index contributed by atoms with van der Waals surface area (Å²) in [6.45, 7) is 65.2. The molecule has 0 radical (unpaired) electrons. The molecule has 39 heavy (non-hydrogen) atoms. The molecule has 0 atom stereocenters. The fourth-order valence-electron chi connectivity index (χ4n) is 0.385. The van der Waals surface area contributed by atoms with Gasteiger partial charge in [0, 0.05) is 33.5 Å². The molecule has 0 aliphatic rings. The smallest absolute Gasteiger partial charge is 0.107 e. The summed E-state index contributed by atoms with van der Waals surface area (Å²) in [5, 5.41) is 0. The van der Waals surface area contributed by atoms with Gasteiger partial charge in [-0.2, -0.15) is 0 Å². The third-order valence-corrected chi connectivity index (χ3v) is 28.2. The van der Waals surface area contributed by atoms with Gasteiger partial charge in [-0.25, -0.2) is 0 Å². The monoisotopic (exact) mass is 674 g/mol. The molecule has 0 aromatic rings. The Morgan fingerprint density at radius 3 is 0.667 bits per heavy atom. The van der Waals surface area contributed by atoms with Crippen molar-refractivity contribution in [3.8, 4) is 0 Å². The first-order valence-corrected chi connectivity index (χ1v) is 40.1. The third kappa shape index (κ3) is 85.5. The molecule has 0 N–H and O–H groups in total. The van der Waals surface area contributed by atoms with Crippen LogP contribution < -0.4 is 0 Å². The van der Waals surface area contributed by atoms with Gasteiger partial charge in [0.1, 0.15) is 8.80 Å². The van der Waals surface area contributed by atoms with Gasteiger partial charge in [-0.15, -0.1) is 68.8 Å². The van der Waals surface area contributed by atoms with Gasteiger partial charge in [-0.05, 0) is 0 Å². The van der Waals surface area contributed by atoms with Crippen molar-refractivity contribution < 1.29 is 0 Å². The summed E-state index contributed by atoms with van der Waals surface area (Å²) in [5.74, 6) is 0. The highest BCUT2D eigenvalue weighted by Gasteiger charge is 2.31. The van der Waals surface area contributed by atoms with E-state index < -0.39 is 40.9 Å². The number of rotatable bonds is 8. The van der Waals surface area contributed by atoms with E-state index in [1.165, 1.54) is 0 Å². The summed E-state index contributed by atoms with van der Waals surface area (Å²) < 4.78 is 0. The van der Waals surface area contributed by atoms with Gasteiger partial charge >= 0.3 is 0 Å². The average Bonchev–Trinajstić information content (AvgIpc) is 2.79. The van der Waals surface area contributed by atoms with Crippen LogP contribution in [0.15, 0.2) is 85.9 Å². The molecule has 8 heteroatoms. The van der Waals surface area contributed by atoms with Crippen LogP contribution in [0.1, 0.15) is 0 Å². The normalized spacial score (nSPS) is 9.87. The standard InChI is InChI=1S/C6H18Si2.C6H10Si.C5H12Si.C5H10Si.C4H10Si.C3H10Si.C2H8Si/c1-7(2,3)8(4,5)6;1-4-7(5-2)6-3;1-5-6(2,3)4;1-4-6(3)5-2;1-4-5(2)3;1-4(2)3;1-3-2/h1-6H3;4-7H,1-3H2;5H,1H2,2-4H3;4-6H,1-2H2,3H3;4-5H,1H2,2-3H3;4H,1-3H3;3H2,1-2H3. The molecule has 0 bridgehead atoms. The molecule has 0 fully saturated rings. The molecular weight excluding hydrogens is 597 g/mol. The summed E-state index contributed by atoms with van der Waals surface area (Å²) in [4.78, 5) is 0. The minimum atomic E-state index is -0.880. The zero-order chi connectivity index (χ0) is 33.5. The molecule has 0 aromatic carbocycles. The van der Waals surface area contributed by atoms with Crippen LogP contribution in [-0.4, -0.2) is 68.0 Å². The maximum atomic E-state index is 3.69. The van der Waals surface area contributed by atoms with E-state index in [0.29, 0.717) is 9.52 Å². The van der Waals surface area contributed by atoms with Gasteiger partial charge < -0.3 is 0 Å². The number of hydrogen-bond acceptors (Lipinski definition) is 0. The van der Waals surface area contributed by atoms with E-state index >= 15 is 0 Å². The van der Waals surface area contributed by atoms with E-state index in [1.807, 2.05) is 28.5 Å². The Morgan fingerprint density at radius 1 is 0.487 bits per heavy atom. The van der Waals surface area contributed by atoms with Crippen molar-refractivity contribution in [3.63, 3.8) is 0 Å². The van der Waals surface area contributed by atoms with Crippen LogP contribution in [0, 0.1) is 0 Å². The van der Waals surface area contributed by atoms with Crippen LogP contribution in [0.25, 0.3) is 0 Å². The van der Waals surface area contributed by atoms with Gasteiger partial charge in [0.05, 0.1) is 25.7 Å². The van der Waals surface area contributed by atoms with Gasteiger partial charge in [0.25, 0.3) is 0 Å². The van der Waals surface area contributed by atoms with Gasteiger partial charge in [0.2, 0.25) is 0 Å². The average molecular weight is 676 g/mol. The zero-order valence-electron chi connectivity index (χ0n) is 30.5. The summed E-state index contributed by atoms with van der Waals surface area (Å²) in [7, 11) is -3.93. The quantitative estimate of drug-likeness (QED) is 0.225. The molecule has 0 aromatic heterocycles. The number of hydrogen-bond donors (Lipinski definition) is 0. The van der Waals surface area contributed by atoms with Gasteiger partial charge in [-0.3, -0.25) is 0 Å². The molecule has 0 unspecified atom stereocenters. The van der Waals surface area contributed by atoms with Crippen molar-refractivity contribution in [1.82, 2.24) is 0 Å². The fraction of sp³-hybridized carbons (Fsp3) is 0.548. The minimum absolute atomic E-state index is 0.139. The predicted molar refractivity (Wildman–Crippen MR) is 225 cm³/mol. The van der Waals surface area contributed by atoms with Crippen LogP contribution in [0.4, 0.5) is 0 Å². The second kappa shape index (κ2) is 35.9. The van der Waals surface area contributed by atoms with Crippen molar-refractivity contribution in [3.05, 3.63) is 85.9 Å². The Hall–Kier alpha value is -0.0849. The predicted octanol–water partition coefficient (Wildman–Crippen LogP) is 10.0. The molecule has 0 saturated carbocycles. The van der Waals surface area contributed by atoms with E-state index in [1.54, 1.807) is 0 Å². The molecule has 0 nitrogen and oxygen atoms in total.